The smallest absolute Gasteiger partial charge is 0.211 e. The molecule has 35 heavy (non-hydrogen) atoms. The number of hydrogen-bond acceptors (Lipinski definition) is 9. The molecule has 2 aromatic heterocycles. The van der Waals surface area contributed by atoms with E-state index in [0.29, 0.717) is 28.4 Å². The first-order valence-electron chi connectivity index (χ1n) is 11.0. The molecule has 180 valence electrons. The second-order valence-corrected chi connectivity index (χ2v) is 8.50. The molecule has 4 rings (SSSR count). The Morgan fingerprint density at radius 2 is 1.83 bits per heavy atom. The number of Topliss-reactive ketones (excluding diaryl/α,β-unsaturated/α-hetero) is 1. The van der Waals surface area contributed by atoms with Crippen LogP contribution in [0.1, 0.15) is 33.4 Å². The first-order chi connectivity index (χ1) is 17.0. The fourth-order valence-electron chi connectivity index (χ4n) is 3.52. The lowest BCUT2D eigenvalue weighted by molar-refractivity contribution is 0.0966. The summed E-state index contributed by atoms with van der Waals surface area (Å²) < 4.78 is 19.7. The second-order valence-electron chi connectivity index (χ2n) is 7.97. The number of aromatic nitrogens is 3. The summed E-state index contributed by atoms with van der Waals surface area (Å²) in [7, 11) is 1.55. The van der Waals surface area contributed by atoms with Gasteiger partial charge >= 0.3 is 0 Å². The zero-order valence-corrected chi connectivity index (χ0v) is 20.5. The summed E-state index contributed by atoms with van der Waals surface area (Å²) in [6, 6.07) is 16.0. The van der Waals surface area contributed by atoms with Crippen molar-refractivity contribution in [3.05, 3.63) is 83.3 Å². The third-order valence-electron chi connectivity index (χ3n) is 5.36. The molecule has 4 aromatic rings. The minimum absolute atomic E-state index is 0.116. The maximum absolute atomic E-state index is 13.9. The maximum atomic E-state index is 13.9. The molecule has 2 N–H and O–H groups in total. The van der Waals surface area contributed by atoms with Crippen molar-refractivity contribution in [1.82, 2.24) is 13.7 Å². The Balaban J connectivity index is 1.73. The number of aryl methyl sites for hydroxylation is 2. The zero-order valence-electron chi connectivity index (χ0n) is 19.7. The van der Waals surface area contributed by atoms with E-state index in [9.17, 15) is 4.79 Å². The summed E-state index contributed by atoms with van der Waals surface area (Å²) in [6.07, 6.45) is 1.68. The highest BCUT2D eigenvalue weighted by Gasteiger charge is 2.28. The molecule has 1 atom stereocenters. The number of hydrogen-bond donors (Lipinski definition) is 2. The summed E-state index contributed by atoms with van der Waals surface area (Å²) in [6.45, 7) is 3.92. The average molecular weight is 491 g/mol. The van der Waals surface area contributed by atoms with E-state index < -0.39 is 6.04 Å². The van der Waals surface area contributed by atoms with E-state index in [1.807, 2.05) is 50.2 Å². The van der Waals surface area contributed by atoms with Crippen LogP contribution in [0.15, 0.2) is 60.8 Å². The number of ether oxygens (including phenoxy) is 2. The molecule has 0 spiro atoms. The maximum Gasteiger partial charge on any atom is 0.211 e. The molecule has 0 radical (unpaired) electrons. The predicted octanol–water partition coefficient (Wildman–Crippen LogP) is 4.63. The van der Waals surface area contributed by atoms with Gasteiger partial charge in [0.25, 0.3) is 0 Å². The number of anilines is 1. The van der Waals surface area contributed by atoms with Gasteiger partial charge in [-0.15, -0.1) is 0 Å². The van der Waals surface area contributed by atoms with E-state index in [1.165, 1.54) is 0 Å². The molecule has 2 heterocycles. The molecule has 0 fully saturated rings. The molecule has 0 bridgehead atoms. The monoisotopic (exact) mass is 490 g/mol. The highest BCUT2D eigenvalue weighted by atomic mass is 32.1. The number of rotatable bonds is 10. The number of carbonyl (C=O) groups excluding carboxylic acids is 1. The molecule has 0 saturated carbocycles. The van der Waals surface area contributed by atoms with E-state index in [4.69, 9.17) is 14.6 Å². The summed E-state index contributed by atoms with van der Waals surface area (Å²) in [4.78, 5) is 18.3. The van der Waals surface area contributed by atoms with Gasteiger partial charge in [-0.2, -0.15) is 8.75 Å². The lowest BCUT2D eigenvalue weighted by atomic mass is 9.98. The van der Waals surface area contributed by atoms with Crippen LogP contribution in [0.5, 0.6) is 11.5 Å². The first-order valence-corrected chi connectivity index (χ1v) is 11.8. The van der Waals surface area contributed by atoms with Crippen LogP contribution >= 0.6 is 11.7 Å². The number of methoxy groups -OCH3 is 1. The molecular weight excluding hydrogens is 464 g/mol. The zero-order chi connectivity index (χ0) is 24.8. The number of aliphatic hydroxyl groups excluding tert-OH is 1. The van der Waals surface area contributed by atoms with Crippen LogP contribution in [0.3, 0.4) is 0 Å². The van der Waals surface area contributed by atoms with Gasteiger partial charge in [-0.05, 0) is 19.9 Å². The molecule has 2 aromatic carbocycles. The van der Waals surface area contributed by atoms with Crippen LogP contribution < -0.4 is 14.8 Å². The van der Waals surface area contributed by atoms with Crippen LogP contribution in [-0.4, -0.2) is 44.9 Å². The number of benzene rings is 2. The minimum atomic E-state index is -0.783. The number of ketones is 1. The highest BCUT2D eigenvalue weighted by Crippen LogP contribution is 2.32. The molecule has 0 aliphatic rings. The fraction of sp³-hybridized carbons (Fsp3) is 0.231. The van der Waals surface area contributed by atoms with Crippen molar-refractivity contribution < 1.29 is 19.4 Å². The predicted molar refractivity (Wildman–Crippen MR) is 135 cm³/mol. The number of aliphatic hydroxyl groups is 1. The van der Waals surface area contributed by atoms with Crippen LogP contribution in [0.25, 0.3) is 11.3 Å². The van der Waals surface area contributed by atoms with Gasteiger partial charge in [-0.25, -0.2) is 0 Å². The Hall–Kier alpha value is -3.82. The fourth-order valence-corrected chi connectivity index (χ4v) is 4.10. The third kappa shape index (κ3) is 5.82. The van der Waals surface area contributed by atoms with Gasteiger partial charge in [-0.1, -0.05) is 35.9 Å². The van der Waals surface area contributed by atoms with Crippen LogP contribution in [0.4, 0.5) is 5.69 Å². The quantitative estimate of drug-likeness (QED) is 0.310. The lowest BCUT2D eigenvalue weighted by Crippen LogP contribution is -2.22. The molecule has 9 heteroatoms. The Bertz CT molecular complexity index is 1290. The summed E-state index contributed by atoms with van der Waals surface area (Å²) in [5.74, 6) is 0.817. The summed E-state index contributed by atoms with van der Waals surface area (Å²) in [5.41, 5.74) is 4.92. The summed E-state index contributed by atoms with van der Waals surface area (Å²) >= 11 is 1.00. The standard InChI is InChI=1S/C26H26N4O4S/c1-16-4-7-18(8-5-16)23-25(30-35-29-23)26(32)24(19-9-6-17(2)27-15-19)28-20-12-21(33-3)14-22(13-20)34-11-10-31/h4-9,12-15,24,28,31H,10-11H2,1-3H3. The number of nitrogens with zero attached hydrogens (tertiary/aromatic N) is 3. The third-order valence-corrected chi connectivity index (χ3v) is 5.89. The van der Waals surface area contributed by atoms with Crippen molar-refractivity contribution in [2.75, 3.05) is 25.6 Å². The molecule has 0 amide bonds. The first kappa shape index (κ1) is 24.3. The van der Waals surface area contributed by atoms with Crippen molar-refractivity contribution in [3.63, 3.8) is 0 Å². The topological polar surface area (TPSA) is 106 Å². The number of pyridine rings is 1. The van der Waals surface area contributed by atoms with Crippen molar-refractivity contribution >= 4 is 23.2 Å². The Morgan fingerprint density at radius 1 is 1.06 bits per heavy atom. The molecule has 8 nitrogen and oxygen atoms in total. The number of carbonyl (C=O) groups is 1. The van der Waals surface area contributed by atoms with E-state index >= 15 is 0 Å². The molecule has 0 aliphatic heterocycles. The number of nitrogens with one attached hydrogen (secondary N) is 1. The van der Waals surface area contributed by atoms with Gasteiger partial charge in [0.2, 0.25) is 5.78 Å². The van der Waals surface area contributed by atoms with E-state index in [2.05, 4.69) is 19.0 Å². The Kier molecular flexibility index (Phi) is 7.69. The average Bonchev–Trinajstić information content (AvgIpc) is 3.36. The summed E-state index contributed by atoms with van der Waals surface area (Å²) in [5, 5.41) is 12.4. The van der Waals surface area contributed by atoms with Crippen molar-refractivity contribution in [2.45, 2.75) is 19.9 Å². The molecule has 1 unspecified atom stereocenters. The normalized spacial score (nSPS) is 11.7. The van der Waals surface area contributed by atoms with E-state index in [0.717, 1.165) is 28.5 Å². The Morgan fingerprint density at radius 3 is 2.51 bits per heavy atom. The van der Waals surface area contributed by atoms with Crippen molar-refractivity contribution in [3.8, 4) is 22.8 Å². The SMILES string of the molecule is COc1cc(NC(C(=O)c2nsnc2-c2ccc(C)cc2)c2ccc(C)nc2)cc(OCCO)c1. The molecule has 0 saturated heterocycles. The Labute approximate surface area is 207 Å². The van der Waals surface area contributed by atoms with Gasteiger partial charge in [0, 0.05) is 46.9 Å². The largest absolute Gasteiger partial charge is 0.497 e. The van der Waals surface area contributed by atoms with Crippen LogP contribution in [0.2, 0.25) is 0 Å². The van der Waals surface area contributed by atoms with Gasteiger partial charge in [0.15, 0.2) is 5.69 Å². The van der Waals surface area contributed by atoms with Gasteiger partial charge in [0.1, 0.15) is 29.8 Å². The second kappa shape index (κ2) is 11.1. The van der Waals surface area contributed by atoms with Crippen LogP contribution in [0, 0.1) is 13.8 Å². The van der Waals surface area contributed by atoms with E-state index in [1.54, 1.807) is 31.5 Å². The minimum Gasteiger partial charge on any atom is -0.497 e. The van der Waals surface area contributed by atoms with Gasteiger partial charge in [-0.3, -0.25) is 9.78 Å². The van der Waals surface area contributed by atoms with Gasteiger partial charge < -0.3 is 19.9 Å². The molecule has 0 aliphatic carbocycles. The highest BCUT2D eigenvalue weighted by molar-refractivity contribution is 6.99. The van der Waals surface area contributed by atoms with Crippen LogP contribution in [-0.2, 0) is 0 Å². The lowest BCUT2D eigenvalue weighted by Gasteiger charge is -2.20. The van der Waals surface area contributed by atoms with Crippen molar-refractivity contribution in [2.24, 2.45) is 0 Å². The van der Waals surface area contributed by atoms with Gasteiger partial charge in [0.05, 0.1) is 25.4 Å². The molecular formula is C26H26N4O4S. The van der Waals surface area contributed by atoms with Crippen molar-refractivity contribution in [1.29, 1.82) is 0 Å². The van der Waals surface area contributed by atoms with E-state index in [-0.39, 0.29) is 24.7 Å².